The number of rotatable bonds is 8. The molecule has 0 radical (unpaired) electrons. The molecule has 3 aromatic rings. The molecule has 1 amide bonds. The Morgan fingerprint density at radius 2 is 1.70 bits per heavy atom. The highest BCUT2D eigenvalue weighted by molar-refractivity contribution is 5.94. The van der Waals surface area contributed by atoms with Gasteiger partial charge in [0.05, 0.1) is 25.5 Å². The molecular weight excluding hydrogens is 468 g/mol. The molecule has 37 heavy (non-hydrogen) atoms. The average Bonchev–Trinajstić information content (AvgIpc) is 2.95. The second-order valence-electron chi connectivity index (χ2n) is 8.95. The van der Waals surface area contributed by atoms with Gasteiger partial charge < -0.3 is 19.1 Å². The van der Waals surface area contributed by atoms with E-state index in [2.05, 4.69) is 4.99 Å². The molecule has 1 saturated heterocycles. The Morgan fingerprint density at radius 1 is 0.946 bits per heavy atom. The Bertz CT molecular complexity index is 1280. The van der Waals surface area contributed by atoms with Crippen LogP contribution >= 0.6 is 0 Å². The minimum Gasteiger partial charge on any atom is -0.493 e. The minimum absolute atomic E-state index is 0.0957. The summed E-state index contributed by atoms with van der Waals surface area (Å²) in [6.07, 6.45) is 5.06. The molecule has 192 valence electrons. The van der Waals surface area contributed by atoms with E-state index in [1.165, 1.54) is 13.5 Å². The fraction of sp³-hybridized carbons (Fsp3) is 0.300. The molecule has 0 aliphatic carbocycles. The van der Waals surface area contributed by atoms with Crippen LogP contribution in [-0.2, 0) is 11.3 Å². The number of amides is 1. The van der Waals surface area contributed by atoms with E-state index in [-0.39, 0.29) is 11.9 Å². The van der Waals surface area contributed by atoms with Crippen molar-refractivity contribution < 1.29 is 23.8 Å². The van der Waals surface area contributed by atoms with Crippen LogP contribution in [0.3, 0.4) is 0 Å². The first-order valence-electron chi connectivity index (χ1n) is 12.4. The van der Waals surface area contributed by atoms with Gasteiger partial charge in [0.2, 0.25) is 0 Å². The van der Waals surface area contributed by atoms with E-state index in [4.69, 9.17) is 14.2 Å². The van der Waals surface area contributed by atoms with Gasteiger partial charge in [-0.15, -0.1) is 0 Å². The van der Waals surface area contributed by atoms with E-state index < -0.39 is 0 Å². The summed E-state index contributed by atoms with van der Waals surface area (Å²) in [7, 11) is 2.95. The molecule has 7 nitrogen and oxygen atoms in total. The van der Waals surface area contributed by atoms with Crippen molar-refractivity contribution in [2.24, 2.45) is 4.99 Å². The second kappa shape index (κ2) is 12.2. The molecule has 0 saturated carbocycles. The molecule has 7 heteroatoms. The van der Waals surface area contributed by atoms with E-state index in [9.17, 15) is 9.59 Å². The van der Waals surface area contributed by atoms with Gasteiger partial charge in [-0.25, -0.2) is 4.79 Å². The van der Waals surface area contributed by atoms with Gasteiger partial charge in [0.15, 0.2) is 11.5 Å². The summed E-state index contributed by atoms with van der Waals surface area (Å²) in [5.74, 6) is 0.900. The first-order valence-corrected chi connectivity index (χ1v) is 12.4. The highest BCUT2D eigenvalue weighted by atomic mass is 16.5. The summed E-state index contributed by atoms with van der Waals surface area (Å²) in [4.78, 5) is 31.1. The average molecular weight is 501 g/mol. The van der Waals surface area contributed by atoms with Crippen LogP contribution in [0.15, 0.2) is 65.7 Å². The summed E-state index contributed by atoms with van der Waals surface area (Å²) in [5, 5.41) is 0. The third-order valence-electron chi connectivity index (χ3n) is 6.49. The SMILES string of the molecule is COC(=O)c1cccc(N=Cc2ccc(OCc3ccc(C(=O)N4CCCCC4)cc3)c(OC)c2)c1C. The number of ether oxygens (including phenoxy) is 3. The van der Waals surface area contributed by atoms with Gasteiger partial charge >= 0.3 is 5.97 Å². The molecule has 0 unspecified atom stereocenters. The lowest BCUT2D eigenvalue weighted by atomic mass is 10.1. The summed E-state index contributed by atoms with van der Waals surface area (Å²) < 4.78 is 16.4. The van der Waals surface area contributed by atoms with Crippen molar-refractivity contribution in [3.8, 4) is 11.5 Å². The Kier molecular flexibility index (Phi) is 8.56. The Hall–Kier alpha value is -4.13. The van der Waals surface area contributed by atoms with Crippen molar-refractivity contribution in [2.45, 2.75) is 32.8 Å². The number of nitrogens with zero attached hydrogens (tertiary/aromatic N) is 2. The van der Waals surface area contributed by atoms with Crippen molar-refractivity contribution >= 4 is 23.8 Å². The quantitative estimate of drug-likeness (QED) is 0.291. The van der Waals surface area contributed by atoms with Crippen molar-refractivity contribution in [2.75, 3.05) is 27.3 Å². The summed E-state index contributed by atoms with van der Waals surface area (Å²) in [5.41, 5.74) is 4.42. The van der Waals surface area contributed by atoms with Crippen molar-refractivity contribution in [3.05, 3.63) is 88.5 Å². The van der Waals surface area contributed by atoms with Crippen LogP contribution in [-0.4, -0.2) is 50.3 Å². The minimum atomic E-state index is -0.388. The van der Waals surface area contributed by atoms with E-state index in [0.717, 1.165) is 42.6 Å². The van der Waals surface area contributed by atoms with Crippen LogP contribution in [0.4, 0.5) is 5.69 Å². The lowest BCUT2D eigenvalue weighted by molar-refractivity contribution is 0.0599. The van der Waals surface area contributed by atoms with E-state index in [0.29, 0.717) is 34.9 Å². The number of benzene rings is 3. The second-order valence-corrected chi connectivity index (χ2v) is 8.95. The first kappa shape index (κ1) is 25.9. The Balaban J connectivity index is 1.40. The maximum Gasteiger partial charge on any atom is 0.338 e. The number of methoxy groups -OCH3 is 2. The van der Waals surface area contributed by atoms with Crippen LogP contribution in [0.2, 0.25) is 0 Å². The summed E-state index contributed by atoms with van der Waals surface area (Å²) in [6.45, 7) is 3.86. The molecule has 4 rings (SSSR count). The molecule has 0 N–H and O–H groups in total. The fourth-order valence-corrected chi connectivity index (χ4v) is 4.31. The maximum atomic E-state index is 12.7. The molecule has 1 heterocycles. The number of carbonyl (C=O) groups is 2. The molecule has 0 bridgehead atoms. The molecule has 0 spiro atoms. The van der Waals surface area contributed by atoms with Crippen LogP contribution in [0.1, 0.15) is 56.7 Å². The fourth-order valence-electron chi connectivity index (χ4n) is 4.31. The zero-order chi connectivity index (χ0) is 26.2. The lowest BCUT2D eigenvalue weighted by Gasteiger charge is -2.26. The number of hydrogen-bond acceptors (Lipinski definition) is 6. The maximum absolute atomic E-state index is 12.7. The molecule has 1 aliphatic rings. The lowest BCUT2D eigenvalue weighted by Crippen LogP contribution is -2.35. The van der Waals surface area contributed by atoms with E-state index in [1.807, 2.05) is 60.4 Å². The predicted molar refractivity (Wildman–Crippen MR) is 143 cm³/mol. The number of likely N-dealkylation sites (tertiary alicyclic amines) is 1. The number of hydrogen-bond donors (Lipinski definition) is 0. The van der Waals surface area contributed by atoms with Crippen LogP contribution in [0.25, 0.3) is 0 Å². The molecule has 3 aromatic carbocycles. The molecule has 0 aromatic heterocycles. The monoisotopic (exact) mass is 500 g/mol. The Labute approximate surface area is 217 Å². The molecule has 1 fully saturated rings. The molecular formula is C30H32N2O5. The zero-order valence-corrected chi connectivity index (χ0v) is 21.5. The predicted octanol–water partition coefficient (Wildman–Crippen LogP) is 5.75. The molecule has 1 aliphatic heterocycles. The topological polar surface area (TPSA) is 77.4 Å². The summed E-state index contributed by atoms with van der Waals surface area (Å²) in [6, 6.07) is 18.5. The standard InChI is InChI=1S/C30H32N2O5/c1-21-25(30(34)36-3)8-7-9-26(21)31-19-23-12-15-27(28(18-23)35-2)37-20-22-10-13-24(14-11-22)29(33)32-16-5-4-6-17-32/h7-15,18-19H,4-6,16-17,20H2,1-3H3. The van der Waals surface area contributed by atoms with Crippen molar-refractivity contribution in [1.29, 1.82) is 0 Å². The van der Waals surface area contributed by atoms with Gasteiger partial charge in [0, 0.05) is 24.9 Å². The molecule has 0 atom stereocenters. The van der Waals surface area contributed by atoms with Gasteiger partial charge in [0.1, 0.15) is 6.61 Å². The van der Waals surface area contributed by atoms with Crippen LogP contribution in [0.5, 0.6) is 11.5 Å². The van der Waals surface area contributed by atoms with Crippen molar-refractivity contribution in [1.82, 2.24) is 4.90 Å². The van der Waals surface area contributed by atoms with Crippen molar-refractivity contribution in [3.63, 3.8) is 0 Å². The summed E-state index contributed by atoms with van der Waals surface area (Å²) >= 11 is 0. The number of carbonyl (C=O) groups excluding carboxylic acids is 2. The van der Waals surface area contributed by atoms with E-state index >= 15 is 0 Å². The van der Waals surface area contributed by atoms with Gasteiger partial charge in [-0.05, 0) is 85.3 Å². The van der Waals surface area contributed by atoms with E-state index in [1.54, 1.807) is 25.5 Å². The van der Waals surface area contributed by atoms with Gasteiger partial charge in [-0.2, -0.15) is 0 Å². The van der Waals surface area contributed by atoms with Crippen LogP contribution < -0.4 is 9.47 Å². The largest absolute Gasteiger partial charge is 0.493 e. The van der Waals surface area contributed by atoms with Crippen LogP contribution in [0, 0.1) is 6.92 Å². The zero-order valence-electron chi connectivity index (χ0n) is 21.5. The normalized spacial score (nSPS) is 13.4. The third kappa shape index (κ3) is 6.36. The number of esters is 1. The Morgan fingerprint density at radius 3 is 2.41 bits per heavy atom. The number of aliphatic imine (C=N–C) groups is 1. The van der Waals surface area contributed by atoms with Gasteiger partial charge in [0.25, 0.3) is 5.91 Å². The highest BCUT2D eigenvalue weighted by Gasteiger charge is 2.18. The number of piperidine rings is 1. The smallest absolute Gasteiger partial charge is 0.338 e. The first-order chi connectivity index (χ1) is 18.0. The van der Waals surface area contributed by atoms with Gasteiger partial charge in [-0.1, -0.05) is 18.2 Å². The highest BCUT2D eigenvalue weighted by Crippen LogP contribution is 2.29. The van der Waals surface area contributed by atoms with Gasteiger partial charge in [-0.3, -0.25) is 9.79 Å². The third-order valence-corrected chi connectivity index (χ3v) is 6.49.